The number of rotatable bonds is 8. The molecule has 6 heteroatoms. The van der Waals surface area contributed by atoms with Crippen molar-refractivity contribution < 1.29 is 4.74 Å². The Morgan fingerprint density at radius 1 is 1.12 bits per heavy atom. The van der Waals surface area contributed by atoms with E-state index < -0.39 is 0 Å². The van der Waals surface area contributed by atoms with Crippen LogP contribution in [0.3, 0.4) is 0 Å². The molecule has 1 aromatic carbocycles. The molecule has 4 rings (SSSR count). The molecule has 0 bridgehead atoms. The number of aliphatic imine (C=N–C) groups is 1. The maximum absolute atomic E-state index is 6.23. The molecule has 1 unspecified atom stereocenters. The molecule has 0 spiro atoms. The Morgan fingerprint density at radius 2 is 1.97 bits per heavy atom. The van der Waals surface area contributed by atoms with Crippen molar-refractivity contribution in [1.29, 1.82) is 0 Å². The highest BCUT2D eigenvalue weighted by atomic mass is 16.5. The smallest absolute Gasteiger partial charge is 0.191 e. The molecule has 2 aliphatic rings. The van der Waals surface area contributed by atoms with E-state index in [2.05, 4.69) is 63.8 Å². The number of anilines is 1. The van der Waals surface area contributed by atoms with Gasteiger partial charge in [-0.3, -0.25) is 4.99 Å². The lowest BCUT2D eigenvalue weighted by Gasteiger charge is -2.33. The molecule has 1 fully saturated rings. The minimum atomic E-state index is 0.250. The van der Waals surface area contributed by atoms with Gasteiger partial charge in [0.1, 0.15) is 5.82 Å². The Labute approximate surface area is 192 Å². The third kappa shape index (κ3) is 6.22. The highest BCUT2D eigenvalue weighted by Crippen LogP contribution is 2.32. The van der Waals surface area contributed by atoms with E-state index in [9.17, 15) is 0 Å². The van der Waals surface area contributed by atoms with Gasteiger partial charge in [-0.1, -0.05) is 30.3 Å². The van der Waals surface area contributed by atoms with Gasteiger partial charge in [-0.15, -0.1) is 0 Å². The van der Waals surface area contributed by atoms with Crippen LogP contribution >= 0.6 is 0 Å². The largest absolute Gasteiger partial charge is 0.373 e. The van der Waals surface area contributed by atoms with Crippen LogP contribution in [0.25, 0.3) is 0 Å². The number of piperidine rings is 1. The molecule has 1 atom stereocenters. The number of nitrogens with zero attached hydrogens (tertiary/aromatic N) is 3. The molecule has 0 radical (unpaired) electrons. The van der Waals surface area contributed by atoms with Crippen LogP contribution < -0.4 is 15.5 Å². The van der Waals surface area contributed by atoms with Gasteiger partial charge in [-0.05, 0) is 68.7 Å². The zero-order valence-electron chi connectivity index (χ0n) is 19.3. The van der Waals surface area contributed by atoms with E-state index >= 15 is 0 Å². The summed E-state index contributed by atoms with van der Waals surface area (Å²) in [6.45, 7) is 6.55. The van der Waals surface area contributed by atoms with Gasteiger partial charge < -0.3 is 20.3 Å². The van der Waals surface area contributed by atoms with Gasteiger partial charge in [0.05, 0.1) is 6.10 Å². The molecule has 1 aliphatic heterocycles. The highest BCUT2D eigenvalue weighted by molar-refractivity contribution is 5.80. The van der Waals surface area contributed by atoms with Crippen LogP contribution in [0.4, 0.5) is 5.82 Å². The molecule has 0 saturated carbocycles. The second-order valence-electron chi connectivity index (χ2n) is 8.66. The summed E-state index contributed by atoms with van der Waals surface area (Å²) in [7, 11) is 0. The number of aryl methyl sites for hydroxylation is 1. The number of aromatic nitrogens is 1. The number of benzene rings is 1. The summed E-state index contributed by atoms with van der Waals surface area (Å²) >= 11 is 0. The number of nitrogens with one attached hydrogen (secondary N) is 2. The first-order valence-electron chi connectivity index (χ1n) is 12.2. The fraction of sp³-hybridized carbons (Fsp3) is 0.538. The highest BCUT2D eigenvalue weighted by Gasteiger charge is 2.21. The van der Waals surface area contributed by atoms with Gasteiger partial charge in [0.25, 0.3) is 0 Å². The molecular formula is C26H37N5O. The van der Waals surface area contributed by atoms with E-state index in [1.807, 2.05) is 12.3 Å². The Balaban J connectivity index is 1.19. The SMILES string of the molecule is CCNC(=NCCCOC1CCCc2ccccc21)NC1CCN(c2ccccn2)CC1. The standard InChI is InChI=1S/C26H37N5O/c1-2-27-26(30-22-14-18-31(19-15-22)25-13-5-6-16-28-25)29-17-8-20-32-24-12-7-10-21-9-3-4-11-23(21)24/h3-6,9,11,13,16,22,24H,2,7-8,10,12,14-15,17-20H2,1H3,(H2,27,29,30). The summed E-state index contributed by atoms with van der Waals surface area (Å²) in [5.74, 6) is 2.00. The Kier molecular flexibility index (Phi) is 8.37. The minimum absolute atomic E-state index is 0.250. The number of pyridine rings is 1. The van der Waals surface area contributed by atoms with Crippen molar-refractivity contribution in [1.82, 2.24) is 15.6 Å². The van der Waals surface area contributed by atoms with Gasteiger partial charge in [-0.2, -0.15) is 0 Å². The lowest BCUT2D eigenvalue weighted by atomic mass is 9.89. The van der Waals surface area contributed by atoms with Crippen LogP contribution in [0.15, 0.2) is 53.7 Å². The maximum atomic E-state index is 6.23. The number of guanidine groups is 1. The Hall–Kier alpha value is -2.60. The first kappa shape index (κ1) is 22.6. The van der Waals surface area contributed by atoms with E-state index in [0.29, 0.717) is 6.04 Å². The van der Waals surface area contributed by atoms with Gasteiger partial charge >= 0.3 is 0 Å². The molecule has 2 heterocycles. The van der Waals surface area contributed by atoms with Crippen molar-refractivity contribution in [3.05, 3.63) is 59.8 Å². The average molecular weight is 436 g/mol. The van der Waals surface area contributed by atoms with Crippen LogP contribution in [0.2, 0.25) is 0 Å². The molecule has 0 amide bonds. The second kappa shape index (κ2) is 11.9. The fourth-order valence-corrected chi connectivity index (χ4v) is 4.67. The third-order valence-electron chi connectivity index (χ3n) is 6.36. The zero-order valence-corrected chi connectivity index (χ0v) is 19.3. The Bertz CT molecular complexity index is 848. The monoisotopic (exact) mass is 435 g/mol. The van der Waals surface area contributed by atoms with Crippen molar-refractivity contribution in [2.75, 3.05) is 37.7 Å². The molecule has 32 heavy (non-hydrogen) atoms. The molecule has 2 N–H and O–H groups in total. The molecule has 172 valence electrons. The Morgan fingerprint density at radius 3 is 2.78 bits per heavy atom. The minimum Gasteiger partial charge on any atom is -0.373 e. The van der Waals surface area contributed by atoms with Crippen LogP contribution in [-0.2, 0) is 11.2 Å². The van der Waals surface area contributed by atoms with Gasteiger partial charge in [-0.25, -0.2) is 4.98 Å². The lowest BCUT2D eigenvalue weighted by molar-refractivity contribution is 0.0403. The number of hydrogen-bond donors (Lipinski definition) is 2. The second-order valence-corrected chi connectivity index (χ2v) is 8.66. The van der Waals surface area contributed by atoms with Crippen molar-refractivity contribution >= 4 is 11.8 Å². The quantitative estimate of drug-likeness (QED) is 0.372. The normalized spacial score (nSPS) is 19.5. The zero-order chi connectivity index (χ0) is 22.0. The number of hydrogen-bond acceptors (Lipinski definition) is 4. The summed E-state index contributed by atoms with van der Waals surface area (Å²) in [4.78, 5) is 11.6. The van der Waals surface area contributed by atoms with Crippen molar-refractivity contribution in [2.45, 2.75) is 57.6 Å². The molecule has 1 saturated heterocycles. The van der Waals surface area contributed by atoms with Crippen LogP contribution in [-0.4, -0.2) is 49.8 Å². The van der Waals surface area contributed by atoms with Crippen LogP contribution in [0, 0.1) is 0 Å². The van der Waals surface area contributed by atoms with E-state index in [1.165, 1.54) is 24.0 Å². The molecule has 1 aliphatic carbocycles. The van der Waals surface area contributed by atoms with E-state index in [1.54, 1.807) is 0 Å². The predicted molar refractivity (Wildman–Crippen MR) is 131 cm³/mol. The first-order valence-corrected chi connectivity index (χ1v) is 12.2. The van der Waals surface area contributed by atoms with Crippen molar-refractivity contribution in [3.63, 3.8) is 0 Å². The van der Waals surface area contributed by atoms with Gasteiger partial charge in [0, 0.05) is 45.0 Å². The lowest BCUT2D eigenvalue weighted by Crippen LogP contribution is -2.49. The molecule has 2 aromatic rings. The summed E-state index contributed by atoms with van der Waals surface area (Å²) in [6, 6.07) is 15.3. The van der Waals surface area contributed by atoms with E-state index in [-0.39, 0.29) is 6.10 Å². The van der Waals surface area contributed by atoms with Crippen LogP contribution in [0.1, 0.15) is 56.3 Å². The van der Waals surface area contributed by atoms with Crippen molar-refractivity contribution in [2.24, 2.45) is 4.99 Å². The number of ether oxygens (including phenoxy) is 1. The molecule has 1 aromatic heterocycles. The number of fused-ring (bicyclic) bond motifs is 1. The predicted octanol–water partition coefficient (Wildman–Crippen LogP) is 4.09. The maximum Gasteiger partial charge on any atom is 0.191 e. The average Bonchev–Trinajstić information content (AvgIpc) is 2.85. The van der Waals surface area contributed by atoms with Crippen LogP contribution in [0.5, 0.6) is 0 Å². The molecule has 6 nitrogen and oxygen atoms in total. The summed E-state index contributed by atoms with van der Waals surface area (Å²) in [6.07, 6.45) is 8.75. The topological polar surface area (TPSA) is 61.8 Å². The summed E-state index contributed by atoms with van der Waals surface area (Å²) < 4.78 is 6.23. The summed E-state index contributed by atoms with van der Waals surface area (Å²) in [5, 5.41) is 7.03. The van der Waals surface area contributed by atoms with E-state index in [0.717, 1.165) is 70.2 Å². The van der Waals surface area contributed by atoms with Gasteiger partial charge in [0.15, 0.2) is 5.96 Å². The fourth-order valence-electron chi connectivity index (χ4n) is 4.67. The molecular weight excluding hydrogens is 398 g/mol. The van der Waals surface area contributed by atoms with E-state index in [4.69, 9.17) is 9.73 Å². The van der Waals surface area contributed by atoms with Crippen molar-refractivity contribution in [3.8, 4) is 0 Å². The first-order chi connectivity index (χ1) is 15.8. The van der Waals surface area contributed by atoms with Gasteiger partial charge in [0.2, 0.25) is 0 Å². The summed E-state index contributed by atoms with van der Waals surface area (Å²) in [5.41, 5.74) is 2.84. The third-order valence-corrected chi connectivity index (χ3v) is 6.36.